The molecule has 0 saturated heterocycles. The Morgan fingerprint density at radius 1 is 0.647 bits per heavy atom. The van der Waals surface area contributed by atoms with E-state index in [4.69, 9.17) is 0 Å². The SMILES string of the molecule is CCCCCCCCCCCCCCP(C)I. The molecule has 0 aliphatic heterocycles. The van der Waals surface area contributed by atoms with E-state index in [1.54, 1.807) is 0 Å². The van der Waals surface area contributed by atoms with Crippen molar-refractivity contribution in [1.29, 1.82) is 0 Å². The van der Waals surface area contributed by atoms with Gasteiger partial charge < -0.3 is 0 Å². The first-order valence-corrected chi connectivity index (χ1v) is 12.4. The van der Waals surface area contributed by atoms with Gasteiger partial charge >= 0.3 is 0 Å². The van der Waals surface area contributed by atoms with E-state index in [9.17, 15) is 0 Å². The van der Waals surface area contributed by atoms with Crippen molar-refractivity contribution < 1.29 is 0 Å². The molecule has 0 N–H and O–H groups in total. The van der Waals surface area contributed by atoms with Crippen LogP contribution in [-0.2, 0) is 0 Å². The zero-order valence-electron chi connectivity index (χ0n) is 12.0. The first-order chi connectivity index (χ1) is 8.27. The quantitative estimate of drug-likeness (QED) is 0.183. The molecule has 0 aliphatic rings. The van der Waals surface area contributed by atoms with Crippen molar-refractivity contribution >= 4 is 27.6 Å². The Morgan fingerprint density at radius 3 is 1.35 bits per heavy atom. The van der Waals surface area contributed by atoms with Crippen molar-refractivity contribution in [1.82, 2.24) is 0 Å². The number of hydrogen-bond donors (Lipinski definition) is 0. The zero-order valence-corrected chi connectivity index (χ0v) is 15.1. The van der Waals surface area contributed by atoms with E-state index in [1.807, 2.05) is 0 Å². The Morgan fingerprint density at radius 2 is 1.00 bits per heavy atom. The molecule has 0 aromatic heterocycles. The molecule has 17 heavy (non-hydrogen) atoms. The predicted molar refractivity (Wildman–Crippen MR) is 92.8 cm³/mol. The van der Waals surface area contributed by atoms with Gasteiger partial charge in [0.1, 0.15) is 0 Å². The van der Waals surface area contributed by atoms with Gasteiger partial charge in [-0.2, -0.15) is 0 Å². The van der Waals surface area contributed by atoms with Crippen LogP contribution < -0.4 is 0 Å². The minimum Gasteiger partial charge on any atom is -0.0654 e. The highest BCUT2D eigenvalue weighted by Gasteiger charge is 1.95. The molecule has 0 amide bonds. The normalized spacial score (nSPS) is 12.9. The number of unbranched alkanes of at least 4 members (excludes halogenated alkanes) is 11. The highest BCUT2D eigenvalue weighted by Crippen LogP contribution is 2.41. The van der Waals surface area contributed by atoms with Crippen LogP contribution in [0.15, 0.2) is 0 Å². The highest BCUT2D eigenvalue weighted by molar-refractivity contribution is 14.2. The van der Waals surface area contributed by atoms with Gasteiger partial charge in [0.15, 0.2) is 0 Å². The lowest BCUT2D eigenvalue weighted by atomic mass is 10.1. The van der Waals surface area contributed by atoms with Gasteiger partial charge in [0.05, 0.1) is 0 Å². The van der Waals surface area contributed by atoms with E-state index < -0.39 is 0 Å². The van der Waals surface area contributed by atoms with Crippen LogP contribution in [0.3, 0.4) is 0 Å². The topological polar surface area (TPSA) is 0 Å². The lowest BCUT2D eigenvalue weighted by Crippen LogP contribution is -1.84. The lowest BCUT2D eigenvalue weighted by Gasteiger charge is -2.04. The fourth-order valence-corrected chi connectivity index (χ4v) is 3.85. The fourth-order valence-electron chi connectivity index (χ4n) is 2.17. The standard InChI is InChI=1S/C15H32IP/c1-3-4-5-6-7-8-9-10-11-12-13-14-15-17(2)16/h3-15H2,1-2H3. The second-order valence-electron chi connectivity index (χ2n) is 5.22. The summed E-state index contributed by atoms with van der Waals surface area (Å²) >= 11 is 2.60. The summed E-state index contributed by atoms with van der Waals surface area (Å²) in [7, 11) is 0. The summed E-state index contributed by atoms with van der Waals surface area (Å²) in [6, 6.07) is 0. The maximum absolute atomic E-state index is 2.60. The molecule has 0 heterocycles. The number of rotatable bonds is 13. The van der Waals surface area contributed by atoms with Crippen molar-refractivity contribution in [3.05, 3.63) is 0 Å². The third-order valence-electron chi connectivity index (χ3n) is 3.32. The molecule has 1 atom stereocenters. The minimum atomic E-state index is 0.332. The molecule has 0 saturated carbocycles. The van der Waals surface area contributed by atoms with Crippen LogP contribution >= 0.6 is 27.6 Å². The molecule has 104 valence electrons. The van der Waals surface area contributed by atoms with E-state index in [0.29, 0.717) is 5.56 Å². The van der Waals surface area contributed by atoms with Crippen LogP contribution in [0.5, 0.6) is 0 Å². The van der Waals surface area contributed by atoms with E-state index in [0.717, 1.165) is 0 Å². The Balaban J connectivity index is 2.89. The molecule has 0 nitrogen and oxygen atoms in total. The lowest BCUT2D eigenvalue weighted by molar-refractivity contribution is 0.548. The van der Waals surface area contributed by atoms with Crippen LogP contribution in [0, 0.1) is 0 Å². The average molecular weight is 370 g/mol. The smallest absolute Gasteiger partial charge is 0.0238 e. The summed E-state index contributed by atoms with van der Waals surface area (Å²) in [4.78, 5) is 0. The summed E-state index contributed by atoms with van der Waals surface area (Å²) in [5, 5.41) is 0. The molecule has 0 rings (SSSR count). The van der Waals surface area contributed by atoms with Gasteiger partial charge in [0.25, 0.3) is 0 Å². The summed E-state index contributed by atoms with van der Waals surface area (Å²) in [6.07, 6.45) is 19.1. The maximum atomic E-state index is 2.60. The number of hydrogen-bond acceptors (Lipinski definition) is 0. The second kappa shape index (κ2) is 15.2. The molecule has 0 aromatic carbocycles. The van der Waals surface area contributed by atoms with E-state index in [-0.39, 0.29) is 0 Å². The van der Waals surface area contributed by atoms with E-state index in [2.05, 4.69) is 35.6 Å². The third kappa shape index (κ3) is 17.2. The fraction of sp³-hybridized carbons (Fsp3) is 1.00. The van der Waals surface area contributed by atoms with Gasteiger partial charge in [0, 0.05) is 0 Å². The Labute approximate surface area is 124 Å². The molecular weight excluding hydrogens is 338 g/mol. The summed E-state index contributed by atoms with van der Waals surface area (Å²) in [5.74, 6) is 0. The monoisotopic (exact) mass is 370 g/mol. The minimum absolute atomic E-state index is 0.332. The Hall–Kier alpha value is 1.16. The van der Waals surface area contributed by atoms with Crippen molar-refractivity contribution in [2.24, 2.45) is 0 Å². The first-order valence-electron chi connectivity index (χ1n) is 7.64. The van der Waals surface area contributed by atoms with Crippen molar-refractivity contribution in [3.8, 4) is 0 Å². The molecule has 2 heteroatoms. The second-order valence-corrected chi connectivity index (χ2v) is 11.8. The molecule has 1 unspecified atom stereocenters. The largest absolute Gasteiger partial charge is 0.0654 e. The molecule has 0 aliphatic carbocycles. The van der Waals surface area contributed by atoms with E-state index >= 15 is 0 Å². The van der Waals surface area contributed by atoms with Gasteiger partial charge in [0.2, 0.25) is 0 Å². The molecule has 0 aromatic rings. The van der Waals surface area contributed by atoms with E-state index in [1.165, 1.54) is 83.2 Å². The van der Waals surface area contributed by atoms with Gasteiger partial charge in [-0.15, -0.1) is 0 Å². The van der Waals surface area contributed by atoms with Gasteiger partial charge in [-0.25, -0.2) is 0 Å². The van der Waals surface area contributed by atoms with Crippen LogP contribution in [0.1, 0.15) is 84.0 Å². The van der Waals surface area contributed by atoms with Gasteiger partial charge in [-0.3, -0.25) is 0 Å². The molecule has 0 spiro atoms. The molecule has 0 bridgehead atoms. The van der Waals surface area contributed by atoms with Crippen LogP contribution in [-0.4, -0.2) is 12.8 Å². The Bertz CT molecular complexity index is 137. The highest BCUT2D eigenvalue weighted by atomic mass is 127. The van der Waals surface area contributed by atoms with Crippen molar-refractivity contribution in [2.75, 3.05) is 12.8 Å². The summed E-state index contributed by atoms with van der Waals surface area (Å²) in [5.41, 5.74) is 0.332. The molecule has 0 radical (unpaired) electrons. The molecular formula is C15H32IP. The first kappa shape index (κ1) is 18.2. The third-order valence-corrected chi connectivity index (χ3v) is 5.70. The molecule has 0 fully saturated rings. The predicted octanol–water partition coefficient (Wildman–Crippen LogP) is 7.15. The zero-order chi connectivity index (χ0) is 12.8. The maximum Gasteiger partial charge on any atom is -0.0238 e. The van der Waals surface area contributed by atoms with Crippen LogP contribution in [0.25, 0.3) is 0 Å². The Kier molecular flexibility index (Phi) is 16.3. The van der Waals surface area contributed by atoms with Crippen LogP contribution in [0.4, 0.5) is 0 Å². The van der Waals surface area contributed by atoms with Gasteiger partial charge in [-0.1, -0.05) is 99.6 Å². The van der Waals surface area contributed by atoms with Crippen molar-refractivity contribution in [2.45, 2.75) is 84.0 Å². The van der Waals surface area contributed by atoms with Gasteiger partial charge in [-0.05, 0) is 24.8 Å². The van der Waals surface area contributed by atoms with Crippen molar-refractivity contribution in [3.63, 3.8) is 0 Å². The van der Waals surface area contributed by atoms with Crippen LogP contribution in [0.2, 0.25) is 0 Å². The average Bonchev–Trinajstić information content (AvgIpc) is 2.30. The summed E-state index contributed by atoms with van der Waals surface area (Å²) in [6.45, 7) is 4.68. The summed E-state index contributed by atoms with van der Waals surface area (Å²) < 4.78 is 0. The number of halogens is 1.